The van der Waals surface area contributed by atoms with Gasteiger partial charge >= 0.3 is 5.63 Å². The van der Waals surface area contributed by atoms with Crippen LogP contribution in [-0.4, -0.2) is 0 Å². The predicted molar refractivity (Wildman–Crippen MR) is 70.3 cm³/mol. The van der Waals surface area contributed by atoms with E-state index in [1.54, 1.807) is 6.07 Å². The second-order valence-corrected chi connectivity index (χ2v) is 5.40. The molecule has 2 aromatic rings. The number of nitrogens with two attached hydrogens (primary N) is 1. The van der Waals surface area contributed by atoms with Gasteiger partial charge in [-0.3, -0.25) is 0 Å². The van der Waals surface area contributed by atoms with Gasteiger partial charge in [-0.25, -0.2) is 4.79 Å². The van der Waals surface area contributed by atoms with Gasteiger partial charge in [0.15, 0.2) is 0 Å². The first kappa shape index (κ1) is 11.7. The van der Waals surface area contributed by atoms with Crippen molar-refractivity contribution in [1.82, 2.24) is 0 Å². The van der Waals surface area contributed by atoms with Crippen LogP contribution in [0, 0.1) is 6.92 Å². The third-order valence-electron chi connectivity index (χ3n) is 2.94. The largest absolute Gasteiger partial charge is 0.422 e. The lowest BCUT2D eigenvalue weighted by Crippen LogP contribution is -2.23. The summed E-state index contributed by atoms with van der Waals surface area (Å²) in [6, 6.07) is 5.41. The molecular formula is C14H17NO2. The van der Waals surface area contributed by atoms with Crippen molar-refractivity contribution >= 4 is 16.7 Å². The van der Waals surface area contributed by atoms with E-state index in [0.29, 0.717) is 11.3 Å². The third kappa shape index (κ3) is 1.93. The van der Waals surface area contributed by atoms with Crippen LogP contribution in [0.1, 0.15) is 31.9 Å². The minimum atomic E-state index is -0.270. The average Bonchev–Trinajstić information content (AvgIpc) is 2.13. The maximum atomic E-state index is 12.0. The molecular weight excluding hydrogens is 214 g/mol. The van der Waals surface area contributed by atoms with Gasteiger partial charge in [0.05, 0.1) is 0 Å². The Morgan fingerprint density at radius 1 is 1.24 bits per heavy atom. The maximum Gasteiger partial charge on any atom is 0.340 e. The first-order valence-corrected chi connectivity index (χ1v) is 5.64. The van der Waals surface area contributed by atoms with Crippen molar-refractivity contribution in [3.05, 3.63) is 39.7 Å². The summed E-state index contributed by atoms with van der Waals surface area (Å²) in [4.78, 5) is 12.0. The second-order valence-electron chi connectivity index (χ2n) is 5.40. The number of aryl methyl sites for hydroxylation is 1. The molecule has 2 N–H and O–H groups in total. The van der Waals surface area contributed by atoms with Crippen LogP contribution in [0.5, 0.6) is 0 Å². The zero-order valence-corrected chi connectivity index (χ0v) is 10.6. The second kappa shape index (κ2) is 3.62. The fraction of sp³-hybridized carbons (Fsp3) is 0.357. The van der Waals surface area contributed by atoms with Crippen LogP contribution in [0.4, 0.5) is 5.69 Å². The van der Waals surface area contributed by atoms with Crippen LogP contribution in [-0.2, 0) is 5.41 Å². The summed E-state index contributed by atoms with van der Waals surface area (Å²) in [7, 11) is 0. The Balaban J connectivity index is 2.91. The van der Waals surface area contributed by atoms with E-state index in [1.165, 1.54) is 0 Å². The quantitative estimate of drug-likeness (QED) is 0.560. The van der Waals surface area contributed by atoms with Gasteiger partial charge in [0.2, 0.25) is 0 Å². The SMILES string of the molecule is Cc1c(C(C)(C)C)c(=O)oc2cc(N)ccc12. The highest BCUT2D eigenvalue weighted by atomic mass is 16.4. The lowest BCUT2D eigenvalue weighted by molar-refractivity contribution is 0.499. The van der Waals surface area contributed by atoms with E-state index >= 15 is 0 Å². The van der Waals surface area contributed by atoms with Gasteiger partial charge in [0.25, 0.3) is 0 Å². The van der Waals surface area contributed by atoms with E-state index in [1.807, 2.05) is 39.8 Å². The summed E-state index contributed by atoms with van der Waals surface area (Å²) in [5.74, 6) is 0. The standard InChI is InChI=1S/C14H17NO2/c1-8-10-6-5-9(15)7-11(10)17-13(16)12(8)14(2,3)4/h5-7H,15H2,1-4H3. The number of anilines is 1. The van der Waals surface area contributed by atoms with Crippen molar-refractivity contribution in [2.75, 3.05) is 5.73 Å². The molecule has 0 bridgehead atoms. The summed E-state index contributed by atoms with van der Waals surface area (Å²) in [6.07, 6.45) is 0. The minimum Gasteiger partial charge on any atom is -0.422 e. The van der Waals surface area contributed by atoms with E-state index in [9.17, 15) is 4.79 Å². The number of rotatable bonds is 0. The molecule has 0 atom stereocenters. The molecule has 0 amide bonds. The molecule has 1 aromatic heterocycles. The van der Waals surface area contributed by atoms with Gasteiger partial charge in [-0.15, -0.1) is 0 Å². The summed E-state index contributed by atoms with van der Waals surface area (Å²) in [5.41, 5.74) is 8.06. The zero-order chi connectivity index (χ0) is 12.8. The number of benzene rings is 1. The Kier molecular flexibility index (Phi) is 2.49. The van der Waals surface area contributed by atoms with Crippen molar-refractivity contribution in [3.8, 4) is 0 Å². The van der Waals surface area contributed by atoms with Crippen molar-refractivity contribution in [1.29, 1.82) is 0 Å². The lowest BCUT2D eigenvalue weighted by Gasteiger charge is -2.20. The van der Waals surface area contributed by atoms with Crippen LogP contribution < -0.4 is 11.4 Å². The van der Waals surface area contributed by atoms with Crippen LogP contribution >= 0.6 is 0 Å². The van der Waals surface area contributed by atoms with Crippen molar-refractivity contribution < 1.29 is 4.42 Å². The Hall–Kier alpha value is -1.77. The number of nitrogen functional groups attached to an aromatic ring is 1. The highest BCUT2D eigenvalue weighted by molar-refractivity contribution is 5.83. The molecule has 0 saturated heterocycles. The fourth-order valence-electron chi connectivity index (χ4n) is 2.24. The first-order valence-electron chi connectivity index (χ1n) is 5.64. The van der Waals surface area contributed by atoms with Crippen LogP contribution in [0.2, 0.25) is 0 Å². The topological polar surface area (TPSA) is 56.2 Å². The molecule has 3 nitrogen and oxygen atoms in total. The monoisotopic (exact) mass is 231 g/mol. The van der Waals surface area contributed by atoms with Gasteiger partial charge in [-0.2, -0.15) is 0 Å². The van der Waals surface area contributed by atoms with Crippen LogP contribution in [0.25, 0.3) is 11.0 Å². The maximum absolute atomic E-state index is 12.0. The van der Waals surface area contributed by atoms with Crippen LogP contribution in [0.15, 0.2) is 27.4 Å². The average molecular weight is 231 g/mol. The summed E-state index contributed by atoms with van der Waals surface area (Å²) >= 11 is 0. The third-order valence-corrected chi connectivity index (χ3v) is 2.94. The normalized spacial score (nSPS) is 12.0. The highest BCUT2D eigenvalue weighted by Crippen LogP contribution is 2.28. The molecule has 2 rings (SSSR count). The number of hydrogen-bond donors (Lipinski definition) is 1. The summed E-state index contributed by atoms with van der Waals surface area (Å²) < 4.78 is 5.35. The molecule has 3 heteroatoms. The molecule has 0 aliphatic carbocycles. The van der Waals surface area contributed by atoms with E-state index in [-0.39, 0.29) is 11.0 Å². The molecule has 17 heavy (non-hydrogen) atoms. The lowest BCUT2D eigenvalue weighted by atomic mass is 9.84. The highest BCUT2D eigenvalue weighted by Gasteiger charge is 2.23. The molecule has 0 aliphatic rings. The Morgan fingerprint density at radius 2 is 1.88 bits per heavy atom. The molecule has 0 radical (unpaired) electrons. The number of hydrogen-bond acceptors (Lipinski definition) is 3. The minimum absolute atomic E-state index is 0.222. The molecule has 1 aromatic carbocycles. The number of fused-ring (bicyclic) bond motifs is 1. The summed E-state index contributed by atoms with van der Waals surface area (Å²) in [6.45, 7) is 7.98. The van der Waals surface area contributed by atoms with E-state index < -0.39 is 0 Å². The first-order chi connectivity index (χ1) is 7.80. The van der Waals surface area contributed by atoms with Crippen molar-refractivity contribution in [3.63, 3.8) is 0 Å². The van der Waals surface area contributed by atoms with Gasteiger partial charge in [0.1, 0.15) is 5.58 Å². The van der Waals surface area contributed by atoms with Crippen molar-refractivity contribution in [2.45, 2.75) is 33.1 Å². The zero-order valence-electron chi connectivity index (χ0n) is 10.6. The molecule has 90 valence electrons. The van der Waals surface area contributed by atoms with Gasteiger partial charge < -0.3 is 10.2 Å². The Bertz CT molecular complexity index is 633. The van der Waals surface area contributed by atoms with Gasteiger partial charge in [-0.05, 0) is 30.0 Å². The van der Waals surface area contributed by atoms with E-state index in [0.717, 1.165) is 16.5 Å². The fourth-order valence-corrected chi connectivity index (χ4v) is 2.24. The molecule has 0 saturated carbocycles. The smallest absolute Gasteiger partial charge is 0.340 e. The van der Waals surface area contributed by atoms with Gasteiger partial charge in [0, 0.05) is 22.7 Å². The predicted octanol–water partition coefficient (Wildman–Crippen LogP) is 2.98. The Labute approximate surface area is 100 Å². The van der Waals surface area contributed by atoms with Gasteiger partial charge in [-0.1, -0.05) is 20.8 Å². The van der Waals surface area contributed by atoms with Crippen molar-refractivity contribution in [2.24, 2.45) is 0 Å². The Morgan fingerprint density at radius 3 is 2.47 bits per heavy atom. The molecule has 0 fully saturated rings. The molecule has 1 heterocycles. The van der Waals surface area contributed by atoms with Crippen LogP contribution in [0.3, 0.4) is 0 Å². The summed E-state index contributed by atoms with van der Waals surface area (Å²) in [5, 5.41) is 0.948. The molecule has 0 aliphatic heterocycles. The van der Waals surface area contributed by atoms with E-state index in [4.69, 9.17) is 10.2 Å². The molecule has 0 spiro atoms. The van der Waals surface area contributed by atoms with E-state index in [2.05, 4.69) is 0 Å². The molecule has 0 unspecified atom stereocenters.